The van der Waals surface area contributed by atoms with Crippen LogP contribution < -0.4 is 15.4 Å². The lowest BCUT2D eigenvalue weighted by Gasteiger charge is -2.08. The molecule has 0 bridgehead atoms. The number of urea groups is 1. The molecule has 7 heteroatoms. The number of carbonyl (C=O) groups excluding carboxylic acids is 2. The van der Waals surface area contributed by atoms with Gasteiger partial charge < -0.3 is 10.1 Å². The molecule has 0 aliphatic carbocycles. The summed E-state index contributed by atoms with van der Waals surface area (Å²) in [6, 6.07) is 2.09. The molecule has 2 N–H and O–H groups in total. The predicted molar refractivity (Wildman–Crippen MR) is 68.3 cm³/mol. The van der Waals surface area contributed by atoms with E-state index >= 15 is 0 Å². The molecule has 5 nitrogen and oxygen atoms in total. The van der Waals surface area contributed by atoms with Crippen LogP contribution in [0.25, 0.3) is 0 Å². The Hall–Kier alpha value is -2.18. The van der Waals surface area contributed by atoms with E-state index in [2.05, 4.69) is 5.32 Å². The molecule has 0 fully saturated rings. The number of carbonyl (C=O) groups is 2. The molecule has 0 aliphatic heterocycles. The van der Waals surface area contributed by atoms with Crippen LogP contribution in [0.1, 0.15) is 19.8 Å². The summed E-state index contributed by atoms with van der Waals surface area (Å²) in [4.78, 5) is 22.6. The Labute approximate surface area is 115 Å². The van der Waals surface area contributed by atoms with Crippen molar-refractivity contribution in [3.8, 4) is 5.75 Å². The van der Waals surface area contributed by atoms with Gasteiger partial charge in [-0.2, -0.15) is 0 Å². The van der Waals surface area contributed by atoms with Crippen LogP contribution in [0, 0.1) is 11.6 Å². The van der Waals surface area contributed by atoms with E-state index in [1.165, 1.54) is 0 Å². The lowest BCUT2D eigenvalue weighted by molar-refractivity contribution is -0.122. The number of ether oxygens (including phenoxy) is 1. The highest BCUT2D eigenvalue weighted by Gasteiger charge is 2.10. The van der Waals surface area contributed by atoms with Crippen molar-refractivity contribution < 1.29 is 23.1 Å². The van der Waals surface area contributed by atoms with Gasteiger partial charge in [-0.1, -0.05) is 13.3 Å². The molecule has 0 radical (unpaired) electrons. The quantitative estimate of drug-likeness (QED) is 0.786. The fraction of sp³-hybridized carbons (Fsp3) is 0.385. The third kappa shape index (κ3) is 5.64. The van der Waals surface area contributed by atoms with Crippen LogP contribution in [-0.2, 0) is 4.79 Å². The zero-order chi connectivity index (χ0) is 15.0. The van der Waals surface area contributed by atoms with Crippen LogP contribution in [0.15, 0.2) is 18.2 Å². The Morgan fingerprint density at radius 2 is 2.05 bits per heavy atom. The largest absolute Gasteiger partial charge is 0.481 e. The Kier molecular flexibility index (Phi) is 6.42. The Balaban J connectivity index is 2.34. The fourth-order valence-electron chi connectivity index (χ4n) is 1.32. The number of unbranched alkanes of at least 4 members (excludes halogenated alkanes) is 1. The normalized spacial score (nSPS) is 9.95. The highest BCUT2D eigenvalue weighted by molar-refractivity contribution is 5.94. The van der Waals surface area contributed by atoms with Gasteiger partial charge in [0.05, 0.1) is 0 Å². The number of nitrogens with one attached hydrogen (secondary N) is 2. The van der Waals surface area contributed by atoms with Crippen molar-refractivity contribution >= 4 is 11.9 Å². The van der Waals surface area contributed by atoms with Crippen LogP contribution in [0.2, 0.25) is 0 Å². The number of amides is 3. The molecule has 110 valence electrons. The molecular weight excluding hydrogens is 270 g/mol. The summed E-state index contributed by atoms with van der Waals surface area (Å²) in [5.41, 5.74) is 0. The van der Waals surface area contributed by atoms with Crippen molar-refractivity contribution in [2.45, 2.75) is 19.8 Å². The van der Waals surface area contributed by atoms with Gasteiger partial charge in [-0.25, -0.2) is 13.6 Å². The summed E-state index contributed by atoms with van der Waals surface area (Å²) in [6.07, 6.45) is 1.72. The summed E-state index contributed by atoms with van der Waals surface area (Å²) >= 11 is 0. The van der Waals surface area contributed by atoms with Crippen molar-refractivity contribution in [1.29, 1.82) is 0 Å². The molecule has 1 rings (SSSR count). The molecule has 20 heavy (non-hydrogen) atoms. The number of rotatable bonds is 6. The van der Waals surface area contributed by atoms with E-state index in [9.17, 15) is 18.4 Å². The molecule has 0 spiro atoms. The maximum absolute atomic E-state index is 13.2. The molecule has 1 aromatic carbocycles. The van der Waals surface area contributed by atoms with Gasteiger partial charge in [0, 0.05) is 12.6 Å². The third-order valence-electron chi connectivity index (χ3n) is 2.32. The van der Waals surface area contributed by atoms with Gasteiger partial charge in [-0.3, -0.25) is 10.1 Å². The monoisotopic (exact) mass is 286 g/mol. The van der Waals surface area contributed by atoms with Crippen molar-refractivity contribution in [3.05, 3.63) is 29.8 Å². The molecule has 0 atom stereocenters. The first kappa shape index (κ1) is 15.9. The van der Waals surface area contributed by atoms with Gasteiger partial charge >= 0.3 is 6.03 Å². The van der Waals surface area contributed by atoms with Crippen LogP contribution in [0.5, 0.6) is 5.75 Å². The first-order valence-electron chi connectivity index (χ1n) is 6.18. The molecule has 0 aromatic heterocycles. The molecule has 0 saturated heterocycles. The van der Waals surface area contributed by atoms with E-state index in [4.69, 9.17) is 4.74 Å². The summed E-state index contributed by atoms with van der Waals surface area (Å²) in [6.45, 7) is 1.89. The van der Waals surface area contributed by atoms with Gasteiger partial charge in [-0.15, -0.1) is 0 Å². The number of hydrogen-bond acceptors (Lipinski definition) is 3. The topological polar surface area (TPSA) is 67.4 Å². The first-order chi connectivity index (χ1) is 9.52. The predicted octanol–water partition coefficient (Wildman–Crippen LogP) is 1.97. The number of halogens is 2. The summed E-state index contributed by atoms with van der Waals surface area (Å²) < 4.78 is 30.7. The van der Waals surface area contributed by atoms with Crippen LogP contribution >= 0.6 is 0 Å². The number of hydrogen-bond donors (Lipinski definition) is 2. The number of benzene rings is 1. The summed E-state index contributed by atoms with van der Waals surface area (Å²) in [7, 11) is 0. The molecule has 0 heterocycles. The highest BCUT2D eigenvalue weighted by atomic mass is 19.1. The van der Waals surface area contributed by atoms with Crippen molar-refractivity contribution in [1.82, 2.24) is 10.6 Å². The highest BCUT2D eigenvalue weighted by Crippen LogP contribution is 2.17. The van der Waals surface area contributed by atoms with E-state index in [-0.39, 0.29) is 5.75 Å². The Bertz CT molecular complexity index is 481. The zero-order valence-electron chi connectivity index (χ0n) is 11.0. The average Bonchev–Trinajstić information content (AvgIpc) is 2.38. The van der Waals surface area contributed by atoms with Crippen molar-refractivity contribution in [2.75, 3.05) is 13.2 Å². The fourth-order valence-corrected chi connectivity index (χ4v) is 1.32. The molecule has 0 saturated carbocycles. The first-order valence-corrected chi connectivity index (χ1v) is 6.18. The van der Waals surface area contributed by atoms with Crippen molar-refractivity contribution in [2.24, 2.45) is 0 Å². The maximum Gasteiger partial charge on any atom is 0.321 e. The maximum atomic E-state index is 13.2. The Morgan fingerprint density at radius 1 is 1.30 bits per heavy atom. The van der Waals surface area contributed by atoms with E-state index in [0.29, 0.717) is 12.6 Å². The minimum Gasteiger partial charge on any atom is -0.481 e. The second-order valence-corrected chi connectivity index (χ2v) is 4.02. The van der Waals surface area contributed by atoms with Crippen LogP contribution in [-0.4, -0.2) is 25.1 Å². The number of imide groups is 1. The van der Waals surface area contributed by atoms with Gasteiger partial charge in [0.25, 0.3) is 5.91 Å². The lowest BCUT2D eigenvalue weighted by atomic mass is 10.3. The smallest absolute Gasteiger partial charge is 0.321 e. The zero-order valence-corrected chi connectivity index (χ0v) is 11.0. The van der Waals surface area contributed by atoms with Gasteiger partial charge in [0.2, 0.25) is 0 Å². The lowest BCUT2D eigenvalue weighted by Crippen LogP contribution is -2.41. The molecular formula is C13H16F2N2O3. The van der Waals surface area contributed by atoms with Crippen LogP contribution in [0.3, 0.4) is 0 Å². The minimum absolute atomic E-state index is 0.257. The second kappa shape index (κ2) is 8.08. The van der Waals surface area contributed by atoms with Gasteiger partial charge in [-0.05, 0) is 18.6 Å². The summed E-state index contributed by atoms with van der Waals surface area (Å²) in [5.74, 6) is -2.63. The van der Waals surface area contributed by atoms with E-state index < -0.39 is 30.2 Å². The molecule has 3 amide bonds. The van der Waals surface area contributed by atoms with E-state index in [0.717, 1.165) is 25.0 Å². The summed E-state index contributed by atoms with van der Waals surface area (Å²) in [5, 5.41) is 4.51. The third-order valence-corrected chi connectivity index (χ3v) is 2.32. The molecule has 0 aliphatic rings. The average molecular weight is 286 g/mol. The van der Waals surface area contributed by atoms with E-state index in [1.54, 1.807) is 0 Å². The standard InChI is InChI=1S/C13H16F2N2O3/c1-2-3-6-16-13(19)17-12(18)8-20-11-5-4-9(14)7-10(11)15/h4-5,7H,2-3,6,8H2,1H3,(H2,16,17,18,19). The second-order valence-electron chi connectivity index (χ2n) is 4.02. The SMILES string of the molecule is CCCCNC(=O)NC(=O)COc1ccc(F)cc1F. The van der Waals surface area contributed by atoms with Gasteiger partial charge in [0.1, 0.15) is 5.82 Å². The van der Waals surface area contributed by atoms with E-state index in [1.807, 2.05) is 12.2 Å². The molecule has 0 unspecified atom stereocenters. The Morgan fingerprint density at radius 3 is 2.70 bits per heavy atom. The van der Waals surface area contributed by atoms with Crippen molar-refractivity contribution in [3.63, 3.8) is 0 Å². The van der Waals surface area contributed by atoms with Crippen LogP contribution in [0.4, 0.5) is 13.6 Å². The molecule has 1 aromatic rings. The van der Waals surface area contributed by atoms with Gasteiger partial charge in [0.15, 0.2) is 18.2 Å². The minimum atomic E-state index is -0.912.